The second-order valence-electron chi connectivity index (χ2n) is 5.85. The molecule has 0 heterocycles. The van der Waals surface area contributed by atoms with Gasteiger partial charge in [-0.1, -0.05) is 62.9 Å². The first kappa shape index (κ1) is 14.2. The molecular formula is C19H21N. The van der Waals surface area contributed by atoms with Crippen LogP contribution in [0.2, 0.25) is 0 Å². The third kappa shape index (κ3) is 4.17. The Labute approximate surface area is 122 Å². The molecule has 1 N–H and O–H groups in total. The summed E-state index contributed by atoms with van der Waals surface area (Å²) in [6.45, 7) is 7.32. The second-order valence-corrected chi connectivity index (χ2v) is 5.85. The molecule has 0 fully saturated rings. The number of benzene rings is 2. The van der Waals surface area contributed by atoms with Crippen molar-refractivity contribution >= 4 is 5.69 Å². The lowest BCUT2D eigenvalue weighted by molar-refractivity contribution is 0.590. The van der Waals surface area contributed by atoms with Crippen molar-refractivity contribution in [2.24, 2.45) is 0 Å². The predicted octanol–water partition coefficient (Wildman–Crippen LogP) is 4.45. The number of para-hydroxylation sites is 1. The summed E-state index contributed by atoms with van der Waals surface area (Å²) in [5.41, 5.74) is 3.70. The van der Waals surface area contributed by atoms with Gasteiger partial charge in [-0.05, 0) is 35.2 Å². The molecule has 0 aliphatic rings. The van der Waals surface area contributed by atoms with Crippen molar-refractivity contribution < 1.29 is 0 Å². The smallest absolute Gasteiger partial charge is 0.0769 e. The Kier molecular flexibility index (Phi) is 4.48. The SMILES string of the molecule is CC(C)(C)c1ccc(C#CCNc2ccccc2)cc1. The molecule has 0 aliphatic heterocycles. The Morgan fingerprint density at radius 3 is 2.15 bits per heavy atom. The molecule has 0 bridgehead atoms. The number of anilines is 1. The standard InChI is InChI=1S/C19H21N/c1-19(2,3)17-13-11-16(12-14-17)8-7-15-20-18-9-5-4-6-10-18/h4-6,9-14,20H,15H2,1-3H3. The number of hydrogen-bond acceptors (Lipinski definition) is 1. The average Bonchev–Trinajstić information content (AvgIpc) is 2.44. The normalized spacial score (nSPS) is 10.6. The molecular weight excluding hydrogens is 242 g/mol. The van der Waals surface area contributed by atoms with Gasteiger partial charge in [-0.15, -0.1) is 0 Å². The van der Waals surface area contributed by atoms with Crippen molar-refractivity contribution in [1.29, 1.82) is 0 Å². The summed E-state index contributed by atoms with van der Waals surface area (Å²) in [6.07, 6.45) is 0. The van der Waals surface area contributed by atoms with E-state index in [1.165, 1.54) is 5.56 Å². The van der Waals surface area contributed by atoms with Gasteiger partial charge in [0.25, 0.3) is 0 Å². The summed E-state index contributed by atoms with van der Waals surface area (Å²) in [6, 6.07) is 18.6. The molecule has 0 amide bonds. The topological polar surface area (TPSA) is 12.0 Å². The summed E-state index contributed by atoms with van der Waals surface area (Å²) in [4.78, 5) is 0. The minimum Gasteiger partial charge on any atom is -0.374 e. The van der Waals surface area contributed by atoms with Gasteiger partial charge >= 0.3 is 0 Å². The molecule has 0 saturated heterocycles. The lowest BCUT2D eigenvalue weighted by atomic mass is 9.87. The van der Waals surface area contributed by atoms with Crippen molar-refractivity contribution in [2.45, 2.75) is 26.2 Å². The molecule has 2 aromatic rings. The Morgan fingerprint density at radius 2 is 1.55 bits per heavy atom. The average molecular weight is 263 g/mol. The quantitative estimate of drug-likeness (QED) is 0.789. The van der Waals surface area contributed by atoms with Crippen LogP contribution < -0.4 is 5.32 Å². The van der Waals surface area contributed by atoms with Crippen LogP contribution in [0.1, 0.15) is 31.9 Å². The van der Waals surface area contributed by atoms with E-state index in [0.29, 0.717) is 6.54 Å². The fourth-order valence-corrected chi connectivity index (χ4v) is 1.90. The molecule has 20 heavy (non-hydrogen) atoms. The van der Waals surface area contributed by atoms with Gasteiger partial charge < -0.3 is 5.32 Å². The van der Waals surface area contributed by atoms with E-state index in [0.717, 1.165) is 11.3 Å². The van der Waals surface area contributed by atoms with Crippen LogP contribution in [-0.4, -0.2) is 6.54 Å². The van der Waals surface area contributed by atoms with Crippen LogP contribution in [-0.2, 0) is 5.41 Å². The minimum absolute atomic E-state index is 0.195. The van der Waals surface area contributed by atoms with Gasteiger partial charge in [-0.3, -0.25) is 0 Å². The predicted molar refractivity (Wildman–Crippen MR) is 87.0 cm³/mol. The first-order valence-electron chi connectivity index (χ1n) is 6.94. The first-order chi connectivity index (χ1) is 9.55. The van der Waals surface area contributed by atoms with Gasteiger partial charge in [0.1, 0.15) is 0 Å². The third-order valence-electron chi connectivity index (χ3n) is 3.14. The maximum absolute atomic E-state index is 3.28. The summed E-state index contributed by atoms with van der Waals surface area (Å²) in [7, 11) is 0. The van der Waals surface area contributed by atoms with Crippen LogP contribution in [0.5, 0.6) is 0 Å². The number of nitrogens with one attached hydrogen (secondary N) is 1. The van der Waals surface area contributed by atoms with E-state index in [1.54, 1.807) is 0 Å². The second kappa shape index (κ2) is 6.30. The maximum atomic E-state index is 3.28. The highest BCUT2D eigenvalue weighted by Gasteiger charge is 2.12. The van der Waals surface area contributed by atoms with E-state index >= 15 is 0 Å². The lowest BCUT2D eigenvalue weighted by Crippen LogP contribution is -2.10. The van der Waals surface area contributed by atoms with Gasteiger partial charge in [-0.25, -0.2) is 0 Å². The zero-order chi connectivity index (χ0) is 14.4. The largest absolute Gasteiger partial charge is 0.374 e. The van der Waals surface area contributed by atoms with E-state index in [9.17, 15) is 0 Å². The summed E-state index contributed by atoms with van der Waals surface area (Å²) in [5.74, 6) is 6.33. The first-order valence-corrected chi connectivity index (χ1v) is 6.94. The minimum atomic E-state index is 0.195. The number of rotatable bonds is 2. The van der Waals surface area contributed by atoms with Gasteiger partial charge in [0.2, 0.25) is 0 Å². The molecule has 0 radical (unpaired) electrons. The zero-order valence-corrected chi connectivity index (χ0v) is 12.4. The van der Waals surface area contributed by atoms with Crippen LogP contribution in [0.3, 0.4) is 0 Å². The van der Waals surface area contributed by atoms with Crippen LogP contribution in [0.4, 0.5) is 5.69 Å². The molecule has 1 heteroatoms. The van der Waals surface area contributed by atoms with Crippen LogP contribution in [0, 0.1) is 11.8 Å². The van der Waals surface area contributed by atoms with Crippen molar-refractivity contribution in [1.82, 2.24) is 0 Å². The molecule has 0 spiro atoms. The van der Waals surface area contributed by atoms with Crippen molar-refractivity contribution in [3.8, 4) is 11.8 Å². The number of hydrogen-bond donors (Lipinski definition) is 1. The molecule has 1 nitrogen and oxygen atoms in total. The molecule has 0 aliphatic carbocycles. The molecule has 0 unspecified atom stereocenters. The van der Waals surface area contributed by atoms with E-state index in [2.05, 4.69) is 62.2 Å². The molecule has 2 rings (SSSR count). The molecule has 2 aromatic carbocycles. The van der Waals surface area contributed by atoms with Crippen molar-refractivity contribution in [2.75, 3.05) is 11.9 Å². The van der Waals surface area contributed by atoms with Crippen molar-refractivity contribution in [3.05, 3.63) is 65.7 Å². The van der Waals surface area contributed by atoms with Gasteiger partial charge in [-0.2, -0.15) is 0 Å². The lowest BCUT2D eigenvalue weighted by Gasteiger charge is -2.18. The van der Waals surface area contributed by atoms with Crippen LogP contribution in [0.15, 0.2) is 54.6 Å². The maximum Gasteiger partial charge on any atom is 0.0769 e. The van der Waals surface area contributed by atoms with Gasteiger partial charge in [0, 0.05) is 11.3 Å². The summed E-state index contributed by atoms with van der Waals surface area (Å²) >= 11 is 0. The Hall–Kier alpha value is -2.20. The van der Waals surface area contributed by atoms with E-state index < -0.39 is 0 Å². The van der Waals surface area contributed by atoms with Crippen molar-refractivity contribution in [3.63, 3.8) is 0 Å². The van der Waals surface area contributed by atoms with Gasteiger partial charge in [0.05, 0.1) is 6.54 Å². The highest BCUT2D eigenvalue weighted by atomic mass is 14.8. The highest BCUT2D eigenvalue weighted by Crippen LogP contribution is 2.21. The fourth-order valence-electron chi connectivity index (χ4n) is 1.90. The van der Waals surface area contributed by atoms with Gasteiger partial charge in [0.15, 0.2) is 0 Å². The molecule has 0 atom stereocenters. The molecule has 0 aromatic heterocycles. The van der Waals surface area contributed by atoms with E-state index in [-0.39, 0.29) is 5.41 Å². The zero-order valence-electron chi connectivity index (χ0n) is 12.4. The third-order valence-corrected chi connectivity index (χ3v) is 3.14. The van der Waals surface area contributed by atoms with Crippen LogP contribution in [0.25, 0.3) is 0 Å². The monoisotopic (exact) mass is 263 g/mol. The van der Waals surface area contributed by atoms with Crippen LogP contribution >= 0.6 is 0 Å². The molecule has 0 saturated carbocycles. The highest BCUT2D eigenvalue weighted by molar-refractivity contribution is 5.44. The Morgan fingerprint density at radius 1 is 0.900 bits per heavy atom. The Bertz CT molecular complexity index is 592. The van der Waals surface area contributed by atoms with E-state index in [1.807, 2.05) is 30.3 Å². The Balaban J connectivity index is 1.93. The summed E-state index contributed by atoms with van der Waals surface area (Å²) in [5, 5.41) is 3.28. The molecule has 102 valence electrons. The summed E-state index contributed by atoms with van der Waals surface area (Å²) < 4.78 is 0. The fraction of sp³-hybridized carbons (Fsp3) is 0.263. The van der Waals surface area contributed by atoms with E-state index in [4.69, 9.17) is 0 Å².